The number of likely N-dealkylation sites (N-methyl/N-ethyl adjacent to an activating group) is 1. The molecule has 1 saturated heterocycles. The number of rotatable bonds is 5. The molecule has 0 bridgehead atoms. The third kappa shape index (κ3) is 4.57. The summed E-state index contributed by atoms with van der Waals surface area (Å²) in [6, 6.07) is 3.63. The van der Waals surface area contributed by atoms with Gasteiger partial charge in [0.15, 0.2) is 0 Å². The van der Waals surface area contributed by atoms with Crippen molar-refractivity contribution in [3.63, 3.8) is 0 Å². The number of carbonyl (C=O) groups is 1. The van der Waals surface area contributed by atoms with Crippen LogP contribution in [0.4, 0.5) is 10.5 Å². The molecule has 1 fully saturated rings. The molecule has 2 rings (SSSR count). The molecule has 22 heavy (non-hydrogen) atoms. The lowest BCUT2D eigenvalue weighted by Crippen LogP contribution is -2.53. The predicted molar refractivity (Wildman–Crippen MR) is 84.3 cm³/mol. The van der Waals surface area contributed by atoms with Crippen LogP contribution in [-0.4, -0.2) is 73.9 Å². The average Bonchev–Trinajstić information content (AvgIpc) is 2.49. The molecule has 1 atom stereocenters. The average molecular weight is 308 g/mol. The number of piperazine rings is 1. The standard InChI is InChI=1S/C15H24N4O3/c1-12-11-18(2)6-7-19(12)15(20)17-13-4-5-14(16-10-13)22-9-8-21-3/h4-5,10,12H,6-9,11H2,1-3H3,(H,17,20)/t12-/m0/s1. The summed E-state index contributed by atoms with van der Waals surface area (Å²) in [5.74, 6) is 0.517. The van der Waals surface area contributed by atoms with E-state index in [1.807, 2.05) is 4.90 Å². The van der Waals surface area contributed by atoms with Gasteiger partial charge in [0.05, 0.1) is 18.5 Å². The number of hydrogen-bond donors (Lipinski definition) is 1. The molecule has 0 unspecified atom stereocenters. The number of carbonyl (C=O) groups excluding carboxylic acids is 1. The maximum atomic E-state index is 12.3. The maximum Gasteiger partial charge on any atom is 0.322 e. The summed E-state index contributed by atoms with van der Waals surface area (Å²) in [6.07, 6.45) is 1.60. The molecule has 1 aromatic heterocycles. The SMILES string of the molecule is COCCOc1ccc(NC(=O)N2CCN(C)C[C@@H]2C)cn1. The van der Waals surface area contributed by atoms with E-state index in [1.54, 1.807) is 25.4 Å². The molecule has 0 aromatic carbocycles. The van der Waals surface area contributed by atoms with Gasteiger partial charge in [-0.3, -0.25) is 0 Å². The first-order valence-electron chi connectivity index (χ1n) is 7.44. The van der Waals surface area contributed by atoms with E-state index in [0.29, 0.717) is 24.8 Å². The van der Waals surface area contributed by atoms with Crippen LogP contribution >= 0.6 is 0 Å². The van der Waals surface area contributed by atoms with Crippen molar-refractivity contribution in [3.8, 4) is 5.88 Å². The van der Waals surface area contributed by atoms with Gasteiger partial charge in [-0.1, -0.05) is 0 Å². The van der Waals surface area contributed by atoms with Crippen molar-refractivity contribution in [1.29, 1.82) is 0 Å². The Morgan fingerprint density at radius 1 is 1.41 bits per heavy atom. The van der Waals surface area contributed by atoms with Crippen molar-refractivity contribution in [1.82, 2.24) is 14.8 Å². The minimum Gasteiger partial charge on any atom is -0.475 e. The molecule has 1 aliphatic heterocycles. The Bertz CT molecular complexity index is 480. The largest absolute Gasteiger partial charge is 0.475 e. The number of nitrogens with one attached hydrogen (secondary N) is 1. The second-order valence-corrected chi connectivity index (χ2v) is 5.46. The van der Waals surface area contributed by atoms with Crippen LogP contribution in [0.3, 0.4) is 0 Å². The molecule has 122 valence electrons. The number of hydrogen-bond acceptors (Lipinski definition) is 5. The lowest BCUT2D eigenvalue weighted by atomic mass is 10.2. The van der Waals surface area contributed by atoms with Crippen LogP contribution in [0.2, 0.25) is 0 Å². The third-order valence-corrected chi connectivity index (χ3v) is 3.62. The Balaban J connectivity index is 1.86. The predicted octanol–water partition coefficient (Wildman–Crippen LogP) is 1.27. The van der Waals surface area contributed by atoms with E-state index in [2.05, 4.69) is 29.2 Å². The van der Waals surface area contributed by atoms with Gasteiger partial charge in [0.1, 0.15) is 6.61 Å². The number of ether oxygens (including phenoxy) is 2. The van der Waals surface area contributed by atoms with Crippen molar-refractivity contribution in [2.24, 2.45) is 0 Å². The Labute approximate surface area is 131 Å². The minimum atomic E-state index is -0.0875. The van der Waals surface area contributed by atoms with Crippen molar-refractivity contribution < 1.29 is 14.3 Å². The number of urea groups is 1. The summed E-state index contributed by atoms with van der Waals surface area (Å²) in [4.78, 5) is 20.5. The van der Waals surface area contributed by atoms with E-state index >= 15 is 0 Å². The zero-order chi connectivity index (χ0) is 15.9. The number of nitrogens with zero attached hydrogens (tertiary/aromatic N) is 3. The van der Waals surface area contributed by atoms with Crippen LogP contribution in [0.25, 0.3) is 0 Å². The van der Waals surface area contributed by atoms with E-state index in [-0.39, 0.29) is 12.1 Å². The monoisotopic (exact) mass is 308 g/mol. The number of anilines is 1. The summed E-state index contributed by atoms with van der Waals surface area (Å²) in [5.41, 5.74) is 0.662. The molecule has 0 aliphatic carbocycles. The summed E-state index contributed by atoms with van der Waals surface area (Å²) < 4.78 is 10.3. The van der Waals surface area contributed by atoms with E-state index in [0.717, 1.165) is 19.6 Å². The van der Waals surface area contributed by atoms with Crippen molar-refractivity contribution in [2.75, 3.05) is 52.3 Å². The fourth-order valence-electron chi connectivity index (χ4n) is 2.41. The third-order valence-electron chi connectivity index (χ3n) is 3.62. The first-order valence-corrected chi connectivity index (χ1v) is 7.44. The molecule has 1 aromatic rings. The van der Waals surface area contributed by atoms with Crippen LogP contribution < -0.4 is 10.1 Å². The molecule has 7 heteroatoms. The van der Waals surface area contributed by atoms with Crippen LogP contribution in [0.1, 0.15) is 6.92 Å². The Hall–Kier alpha value is -1.86. The van der Waals surface area contributed by atoms with E-state index < -0.39 is 0 Å². The second kappa shape index (κ2) is 7.95. The number of amides is 2. The fraction of sp³-hybridized carbons (Fsp3) is 0.600. The summed E-state index contributed by atoms with van der Waals surface area (Å²) >= 11 is 0. The van der Waals surface area contributed by atoms with Gasteiger partial charge in [-0.05, 0) is 20.0 Å². The van der Waals surface area contributed by atoms with Crippen molar-refractivity contribution in [2.45, 2.75) is 13.0 Å². The van der Waals surface area contributed by atoms with Gasteiger partial charge in [0.2, 0.25) is 5.88 Å². The number of methoxy groups -OCH3 is 1. The van der Waals surface area contributed by atoms with Crippen LogP contribution in [0.15, 0.2) is 18.3 Å². The minimum absolute atomic E-state index is 0.0875. The van der Waals surface area contributed by atoms with Gasteiger partial charge in [0, 0.05) is 38.9 Å². The van der Waals surface area contributed by atoms with Gasteiger partial charge in [0.25, 0.3) is 0 Å². The van der Waals surface area contributed by atoms with Gasteiger partial charge in [-0.2, -0.15) is 0 Å². The van der Waals surface area contributed by atoms with Crippen LogP contribution in [-0.2, 0) is 4.74 Å². The molecule has 0 spiro atoms. The Morgan fingerprint density at radius 3 is 2.86 bits per heavy atom. The molecule has 2 heterocycles. The summed E-state index contributed by atoms with van der Waals surface area (Å²) in [5, 5.41) is 2.88. The number of aromatic nitrogens is 1. The van der Waals surface area contributed by atoms with Crippen molar-refractivity contribution in [3.05, 3.63) is 18.3 Å². The second-order valence-electron chi connectivity index (χ2n) is 5.46. The summed E-state index contributed by atoms with van der Waals surface area (Å²) in [6.45, 7) is 5.53. The van der Waals surface area contributed by atoms with Gasteiger partial charge >= 0.3 is 6.03 Å². The molecular formula is C15H24N4O3. The number of pyridine rings is 1. The van der Waals surface area contributed by atoms with E-state index in [1.165, 1.54) is 0 Å². The van der Waals surface area contributed by atoms with Gasteiger partial charge < -0.3 is 24.6 Å². The zero-order valence-electron chi connectivity index (χ0n) is 13.4. The molecule has 0 saturated carbocycles. The first kappa shape index (κ1) is 16.5. The lowest BCUT2D eigenvalue weighted by Gasteiger charge is -2.38. The zero-order valence-corrected chi connectivity index (χ0v) is 13.4. The summed E-state index contributed by atoms with van der Waals surface area (Å²) in [7, 11) is 3.69. The highest BCUT2D eigenvalue weighted by atomic mass is 16.5. The normalized spacial score (nSPS) is 19.0. The lowest BCUT2D eigenvalue weighted by molar-refractivity contribution is 0.125. The molecule has 0 radical (unpaired) electrons. The van der Waals surface area contributed by atoms with E-state index in [9.17, 15) is 4.79 Å². The van der Waals surface area contributed by atoms with E-state index in [4.69, 9.17) is 9.47 Å². The Kier molecular flexibility index (Phi) is 5.97. The highest BCUT2D eigenvalue weighted by Crippen LogP contribution is 2.14. The molecule has 1 N–H and O–H groups in total. The van der Waals surface area contributed by atoms with Crippen LogP contribution in [0.5, 0.6) is 5.88 Å². The van der Waals surface area contributed by atoms with Gasteiger partial charge in [-0.15, -0.1) is 0 Å². The van der Waals surface area contributed by atoms with Crippen LogP contribution in [0, 0.1) is 0 Å². The first-order chi connectivity index (χ1) is 10.6. The maximum absolute atomic E-state index is 12.3. The highest BCUT2D eigenvalue weighted by Gasteiger charge is 2.25. The Morgan fingerprint density at radius 2 is 2.23 bits per heavy atom. The topological polar surface area (TPSA) is 66.9 Å². The van der Waals surface area contributed by atoms with Gasteiger partial charge in [-0.25, -0.2) is 9.78 Å². The molecule has 1 aliphatic rings. The molecule has 7 nitrogen and oxygen atoms in total. The molecular weight excluding hydrogens is 284 g/mol. The van der Waals surface area contributed by atoms with Crippen molar-refractivity contribution >= 4 is 11.7 Å². The quantitative estimate of drug-likeness (QED) is 0.830. The molecule has 2 amide bonds. The fourth-order valence-corrected chi connectivity index (χ4v) is 2.41. The smallest absolute Gasteiger partial charge is 0.322 e. The highest BCUT2D eigenvalue weighted by molar-refractivity contribution is 5.89.